The minimum Gasteiger partial charge on any atom is -0.409 e. The molecule has 0 saturated carbocycles. The fraction of sp³-hybridized carbons (Fsp3) is 0.846. The molecule has 0 radical (unpaired) electrons. The Morgan fingerprint density at radius 2 is 1.95 bits per heavy atom. The zero-order valence-corrected chi connectivity index (χ0v) is 12.3. The lowest BCUT2D eigenvalue weighted by Gasteiger charge is -2.31. The van der Waals surface area contributed by atoms with Crippen LogP contribution in [0.25, 0.3) is 0 Å². The van der Waals surface area contributed by atoms with Crippen molar-refractivity contribution in [2.24, 2.45) is 22.7 Å². The molecule has 0 spiro atoms. The van der Waals surface area contributed by atoms with Crippen LogP contribution in [0.3, 0.4) is 0 Å². The molecule has 6 heteroatoms. The third-order valence-corrected chi connectivity index (χ3v) is 3.89. The molecule has 1 fully saturated rings. The van der Waals surface area contributed by atoms with Crippen molar-refractivity contribution in [3.8, 4) is 0 Å². The zero-order chi connectivity index (χ0) is 14.7. The number of amides is 1. The molecule has 1 amide bonds. The molecule has 1 heterocycles. The molecule has 1 aliphatic heterocycles. The van der Waals surface area contributed by atoms with Crippen LogP contribution < -0.4 is 5.73 Å². The summed E-state index contributed by atoms with van der Waals surface area (Å²) < 4.78 is 5.71. The summed E-state index contributed by atoms with van der Waals surface area (Å²) in [5.74, 6) is 0.0280. The Morgan fingerprint density at radius 3 is 2.32 bits per heavy atom. The number of amidine groups is 1. The smallest absolute Gasteiger partial charge is 0.229 e. The largest absolute Gasteiger partial charge is 0.409 e. The average molecular weight is 271 g/mol. The van der Waals surface area contributed by atoms with Crippen molar-refractivity contribution in [2.75, 3.05) is 6.54 Å². The first kappa shape index (κ1) is 15.8. The molecule has 19 heavy (non-hydrogen) atoms. The number of rotatable bonds is 4. The summed E-state index contributed by atoms with van der Waals surface area (Å²) in [6.45, 7) is 9.90. The molecule has 3 N–H and O–H groups in total. The van der Waals surface area contributed by atoms with E-state index in [1.54, 1.807) is 4.90 Å². The number of ether oxygens (including phenoxy) is 1. The molecular formula is C13H25N3O3. The number of oxime groups is 1. The lowest BCUT2D eigenvalue weighted by atomic mass is 9.88. The first-order valence-corrected chi connectivity index (χ1v) is 6.71. The van der Waals surface area contributed by atoms with Gasteiger partial charge in [-0.15, -0.1) is 0 Å². The van der Waals surface area contributed by atoms with E-state index in [0.717, 1.165) is 0 Å². The molecule has 4 atom stereocenters. The van der Waals surface area contributed by atoms with Gasteiger partial charge in [-0.05, 0) is 33.6 Å². The molecule has 6 nitrogen and oxygen atoms in total. The number of nitrogens with two attached hydrogens (primary N) is 1. The number of carbonyl (C=O) groups excluding carboxylic acids is 1. The maximum atomic E-state index is 12.7. The number of nitrogens with zero attached hydrogens (tertiary/aromatic N) is 2. The molecule has 0 aromatic heterocycles. The molecule has 0 aromatic carbocycles. The number of carbonyl (C=O) groups is 1. The van der Waals surface area contributed by atoms with E-state index in [9.17, 15) is 4.79 Å². The standard InChI is InChI=1S/C13H25N3O3/c1-7(2)16(6-11(14)15-18)13(17)12-8(3)9(4)19-10(12)5/h7-10,12,18H,6H2,1-5H3,(H2,14,15). The van der Waals surface area contributed by atoms with Crippen LogP contribution in [0.5, 0.6) is 0 Å². The summed E-state index contributed by atoms with van der Waals surface area (Å²) in [4.78, 5) is 14.3. The highest BCUT2D eigenvalue weighted by molar-refractivity contribution is 5.88. The summed E-state index contributed by atoms with van der Waals surface area (Å²) >= 11 is 0. The van der Waals surface area contributed by atoms with Crippen LogP contribution in [0.2, 0.25) is 0 Å². The molecule has 0 aliphatic carbocycles. The Bertz CT molecular complexity index is 357. The number of hydrogen-bond donors (Lipinski definition) is 2. The second-order valence-electron chi connectivity index (χ2n) is 5.58. The molecule has 110 valence electrons. The summed E-state index contributed by atoms with van der Waals surface area (Å²) in [7, 11) is 0. The van der Waals surface area contributed by atoms with Crippen LogP contribution in [0, 0.1) is 11.8 Å². The van der Waals surface area contributed by atoms with Gasteiger partial charge < -0.3 is 20.6 Å². The third kappa shape index (κ3) is 3.37. The Balaban J connectivity index is 2.88. The first-order valence-electron chi connectivity index (χ1n) is 6.71. The lowest BCUT2D eigenvalue weighted by Crippen LogP contribution is -2.48. The van der Waals surface area contributed by atoms with E-state index in [1.807, 2.05) is 34.6 Å². The molecule has 4 unspecified atom stereocenters. The van der Waals surface area contributed by atoms with Crippen molar-refractivity contribution in [2.45, 2.75) is 52.9 Å². The fourth-order valence-corrected chi connectivity index (χ4v) is 2.60. The van der Waals surface area contributed by atoms with Gasteiger partial charge in [-0.2, -0.15) is 0 Å². The quantitative estimate of drug-likeness (QED) is 0.346. The Hall–Kier alpha value is -1.30. The van der Waals surface area contributed by atoms with Gasteiger partial charge in [0.05, 0.1) is 24.7 Å². The Kier molecular flexibility index (Phi) is 5.17. The van der Waals surface area contributed by atoms with Crippen molar-refractivity contribution < 1.29 is 14.7 Å². The van der Waals surface area contributed by atoms with Gasteiger partial charge in [0.25, 0.3) is 0 Å². The predicted octanol–water partition coefficient (Wildman–Crippen LogP) is 1.03. The predicted molar refractivity (Wildman–Crippen MR) is 72.9 cm³/mol. The fourth-order valence-electron chi connectivity index (χ4n) is 2.60. The summed E-state index contributed by atoms with van der Waals surface area (Å²) in [5.41, 5.74) is 5.52. The van der Waals surface area contributed by atoms with E-state index in [-0.39, 0.29) is 48.4 Å². The third-order valence-electron chi connectivity index (χ3n) is 3.89. The molecule has 1 rings (SSSR count). The van der Waals surface area contributed by atoms with E-state index in [1.165, 1.54) is 0 Å². The van der Waals surface area contributed by atoms with Gasteiger partial charge in [-0.3, -0.25) is 4.79 Å². The van der Waals surface area contributed by atoms with Crippen molar-refractivity contribution in [1.82, 2.24) is 4.90 Å². The summed E-state index contributed by atoms with van der Waals surface area (Å²) in [5, 5.41) is 11.6. The van der Waals surface area contributed by atoms with E-state index in [0.29, 0.717) is 0 Å². The van der Waals surface area contributed by atoms with Gasteiger partial charge in [0.15, 0.2) is 5.84 Å². The maximum Gasteiger partial charge on any atom is 0.229 e. The molecule has 0 aromatic rings. The molecule has 0 bridgehead atoms. The van der Waals surface area contributed by atoms with Crippen LogP contribution in [0.4, 0.5) is 0 Å². The molecular weight excluding hydrogens is 246 g/mol. The SMILES string of the molecule is CC1OC(C)C(C(=O)N(CC(N)=NO)C(C)C)C1C. The van der Waals surface area contributed by atoms with Crippen molar-refractivity contribution in [3.05, 3.63) is 0 Å². The summed E-state index contributed by atoms with van der Waals surface area (Å²) in [6, 6.07) is -0.0110. The highest BCUT2D eigenvalue weighted by atomic mass is 16.5. The normalized spacial score (nSPS) is 31.8. The second-order valence-corrected chi connectivity index (χ2v) is 5.58. The maximum absolute atomic E-state index is 12.7. The van der Waals surface area contributed by atoms with Crippen LogP contribution in [0.15, 0.2) is 5.16 Å². The van der Waals surface area contributed by atoms with Crippen molar-refractivity contribution >= 4 is 11.7 Å². The Morgan fingerprint density at radius 1 is 1.37 bits per heavy atom. The van der Waals surface area contributed by atoms with Crippen LogP contribution >= 0.6 is 0 Å². The van der Waals surface area contributed by atoms with Crippen LogP contribution in [-0.2, 0) is 9.53 Å². The molecule has 1 aliphatic rings. The van der Waals surface area contributed by atoms with Gasteiger partial charge in [0.2, 0.25) is 5.91 Å². The van der Waals surface area contributed by atoms with E-state index >= 15 is 0 Å². The van der Waals surface area contributed by atoms with Gasteiger partial charge in [0, 0.05) is 6.04 Å². The van der Waals surface area contributed by atoms with E-state index < -0.39 is 0 Å². The summed E-state index contributed by atoms with van der Waals surface area (Å²) in [6.07, 6.45) is -0.0344. The monoisotopic (exact) mass is 271 g/mol. The van der Waals surface area contributed by atoms with Crippen LogP contribution in [-0.4, -0.2) is 46.6 Å². The second kappa shape index (κ2) is 6.23. The van der Waals surface area contributed by atoms with Crippen molar-refractivity contribution in [3.63, 3.8) is 0 Å². The van der Waals surface area contributed by atoms with E-state index in [4.69, 9.17) is 15.7 Å². The van der Waals surface area contributed by atoms with E-state index in [2.05, 4.69) is 5.16 Å². The minimum absolute atomic E-state index is 0.00551. The van der Waals surface area contributed by atoms with Gasteiger partial charge in [0.1, 0.15) is 0 Å². The van der Waals surface area contributed by atoms with Gasteiger partial charge in [-0.1, -0.05) is 12.1 Å². The van der Waals surface area contributed by atoms with Gasteiger partial charge >= 0.3 is 0 Å². The zero-order valence-electron chi connectivity index (χ0n) is 12.3. The first-order chi connectivity index (χ1) is 8.79. The highest BCUT2D eigenvalue weighted by Gasteiger charge is 2.43. The lowest BCUT2D eigenvalue weighted by molar-refractivity contribution is -0.138. The highest BCUT2D eigenvalue weighted by Crippen LogP contribution is 2.33. The minimum atomic E-state index is -0.177. The van der Waals surface area contributed by atoms with Gasteiger partial charge in [-0.25, -0.2) is 0 Å². The Labute approximate surface area is 114 Å². The number of hydrogen-bond acceptors (Lipinski definition) is 4. The molecule has 1 saturated heterocycles. The average Bonchev–Trinajstić information content (AvgIpc) is 2.58. The topological polar surface area (TPSA) is 88.2 Å². The van der Waals surface area contributed by atoms with Crippen LogP contribution in [0.1, 0.15) is 34.6 Å². The van der Waals surface area contributed by atoms with Crippen molar-refractivity contribution in [1.29, 1.82) is 0 Å².